The molecule has 4 heteroatoms. The van der Waals surface area contributed by atoms with Gasteiger partial charge in [-0.05, 0) is 11.6 Å². The predicted octanol–water partition coefficient (Wildman–Crippen LogP) is 2.19. The first-order chi connectivity index (χ1) is 5.83. The van der Waals surface area contributed by atoms with Crippen LogP contribution < -0.4 is 5.73 Å². The highest BCUT2D eigenvalue weighted by molar-refractivity contribution is 5.85. The molecule has 70 valence electrons. The minimum atomic E-state index is -0.229. The van der Waals surface area contributed by atoms with Crippen molar-refractivity contribution in [1.29, 1.82) is 0 Å². The normalized spacial score (nSPS) is 10.0. The molecule has 0 radical (unpaired) electrons. The Morgan fingerprint density at radius 1 is 1.38 bits per heavy atom. The fourth-order valence-corrected chi connectivity index (χ4v) is 1.34. The summed E-state index contributed by atoms with van der Waals surface area (Å²) in [6, 6.07) is 4.97. The summed E-state index contributed by atoms with van der Waals surface area (Å²) in [6.45, 7) is 0.434. The average Bonchev–Trinajstić information content (AvgIpc) is 2.49. The molecule has 0 aliphatic rings. The van der Waals surface area contributed by atoms with Gasteiger partial charge in [0.15, 0.2) is 0 Å². The third-order valence-corrected chi connectivity index (χ3v) is 1.97. The van der Waals surface area contributed by atoms with Gasteiger partial charge in [0, 0.05) is 18.1 Å². The van der Waals surface area contributed by atoms with Crippen LogP contribution in [-0.4, -0.2) is 4.98 Å². The number of hydrogen-bond donors (Lipinski definition) is 2. The van der Waals surface area contributed by atoms with Crippen LogP contribution in [0.15, 0.2) is 24.4 Å². The minimum absolute atomic E-state index is 0. The molecule has 1 aromatic carbocycles. The van der Waals surface area contributed by atoms with E-state index < -0.39 is 0 Å². The number of rotatable bonds is 1. The molecule has 0 spiro atoms. The SMILES string of the molecule is Cl.NCc1c[nH]c2c(F)cccc12. The van der Waals surface area contributed by atoms with Gasteiger partial charge in [-0.1, -0.05) is 12.1 Å². The monoisotopic (exact) mass is 200 g/mol. The number of fused-ring (bicyclic) bond motifs is 1. The van der Waals surface area contributed by atoms with E-state index in [1.165, 1.54) is 6.07 Å². The first kappa shape index (κ1) is 10.0. The van der Waals surface area contributed by atoms with E-state index in [1.807, 2.05) is 6.07 Å². The van der Waals surface area contributed by atoms with E-state index in [9.17, 15) is 4.39 Å². The molecule has 1 heterocycles. The van der Waals surface area contributed by atoms with Crippen LogP contribution in [0.5, 0.6) is 0 Å². The fourth-order valence-electron chi connectivity index (χ4n) is 1.34. The quantitative estimate of drug-likeness (QED) is 0.728. The molecule has 0 unspecified atom stereocenters. The highest BCUT2D eigenvalue weighted by Gasteiger charge is 2.04. The number of H-pyrrole nitrogens is 1. The minimum Gasteiger partial charge on any atom is -0.358 e. The van der Waals surface area contributed by atoms with Crippen molar-refractivity contribution in [2.75, 3.05) is 0 Å². The molecule has 0 amide bonds. The van der Waals surface area contributed by atoms with Crippen LogP contribution in [0.25, 0.3) is 10.9 Å². The van der Waals surface area contributed by atoms with Gasteiger partial charge in [-0.3, -0.25) is 0 Å². The lowest BCUT2D eigenvalue weighted by atomic mass is 10.2. The van der Waals surface area contributed by atoms with E-state index in [1.54, 1.807) is 12.3 Å². The van der Waals surface area contributed by atoms with Crippen molar-refractivity contribution >= 4 is 23.3 Å². The summed E-state index contributed by atoms with van der Waals surface area (Å²) in [4.78, 5) is 2.85. The van der Waals surface area contributed by atoms with Crippen LogP contribution in [0.3, 0.4) is 0 Å². The van der Waals surface area contributed by atoms with Gasteiger partial charge >= 0.3 is 0 Å². The zero-order chi connectivity index (χ0) is 8.55. The molecule has 13 heavy (non-hydrogen) atoms. The van der Waals surface area contributed by atoms with Gasteiger partial charge in [-0.15, -0.1) is 12.4 Å². The highest BCUT2D eigenvalue weighted by Crippen LogP contribution is 2.19. The molecule has 0 atom stereocenters. The molecule has 0 fully saturated rings. The average molecular weight is 201 g/mol. The first-order valence-electron chi connectivity index (χ1n) is 3.77. The van der Waals surface area contributed by atoms with E-state index in [2.05, 4.69) is 4.98 Å². The molecule has 1 aromatic heterocycles. The lowest BCUT2D eigenvalue weighted by Gasteiger charge is -1.93. The van der Waals surface area contributed by atoms with Crippen molar-refractivity contribution in [3.8, 4) is 0 Å². The van der Waals surface area contributed by atoms with E-state index in [-0.39, 0.29) is 18.2 Å². The molecule has 0 bridgehead atoms. The number of hydrogen-bond acceptors (Lipinski definition) is 1. The third kappa shape index (κ3) is 1.53. The Labute approximate surface area is 81.3 Å². The van der Waals surface area contributed by atoms with Crippen LogP contribution >= 0.6 is 12.4 Å². The van der Waals surface area contributed by atoms with E-state index in [0.717, 1.165) is 10.9 Å². The number of benzene rings is 1. The molecular weight excluding hydrogens is 191 g/mol. The van der Waals surface area contributed by atoms with E-state index in [0.29, 0.717) is 12.1 Å². The molecule has 0 aliphatic carbocycles. The summed E-state index contributed by atoms with van der Waals surface area (Å²) in [6.07, 6.45) is 1.74. The summed E-state index contributed by atoms with van der Waals surface area (Å²) < 4.78 is 13.1. The van der Waals surface area contributed by atoms with E-state index in [4.69, 9.17) is 5.73 Å². The van der Waals surface area contributed by atoms with Crippen molar-refractivity contribution in [1.82, 2.24) is 4.98 Å². The molecule has 0 saturated carbocycles. The number of para-hydroxylation sites is 1. The zero-order valence-electron chi connectivity index (χ0n) is 6.88. The number of aromatic nitrogens is 1. The van der Waals surface area contributed by atoms with Crippen LogP contribution in [0.2, 0.25) is 0 Å². The van der Waals surface area contributed by atoms with Gasteiger partial charge in [0.1, 0.15) is 5.82 Å². The number of nitrogens with one attached hydrogen (secondary N) is 1. The summed E-state index contributed by atoms with van der Waals surface area (Å²) in [5, 5.41) is 0.873. The van der Waals surface area contributed by atoms with Gasteiger partial charge in [-0.2, -0.15) is 0 Å². The Kier molecular flexibility index (Phi) is 2.90. The highest BCUT2D eigenvalue weighted by atomic mass is 35.5. The van der Waals surface area contributed by atoms with Gasteiger partial charge in [-0.25, -0.2) is 4.39 Å². The Bertz CT molecular complexity index is 411. The maximum absolute atomic E-state index is 13.1. The second kappa shape index (κ2) is 3.77. The molecule has 0 aliphatic heterocycles. The molecule has 2 nitrogen and oxygen atoms in total. The van der Waals surface area contributed by atoms with Gasteiger partial charge in [0.05, 0.1) is 5.52 Å². The smallest absolute Gasteiger partial charge is 0.147 e. The molecular formula is C9H10ClFN2. The molecule has 0 saturated heterocycles. The Morgan fingerprint density at radius 3 is 2.85 bits per heavy atom. The maximum Gasteiger partial charge on any atom is 0.147 e. The number of halogens is 2. The summed E-state index contributed by atoms with van der Waals surface area (Å²) in [5.74, 6) is -0.229. The third-order valence-electron chi connectivity index (χ3n) is 1.97. The second-order valence-corrected chi connectivity index (χ2v) is 2.68. The van der Waals surface area contributed by atoms with Gasteiger partial charge in [0.2, 0.25) is 0 Å². The Balaban J connectivity index is 0.000000845. The van der Waals surface area contributed by atoms with Crippen LogP contribution in [-0.2, 0) is 6.54 Å². The zero-order valence-corrected chi connectivity index (χ0v) is 7.70. The summed E-state index contributed by atoms with van der Waals surface area (Å²) >= 11 is 0. The van der Waals surface area contributed by atoms with Crippen LogP contribution in [0, 0.1) is 5.82 Å². The largest absolute Gasteiger partial charge is 0.358 e. The van der Waals surface area contributed by atoms with Crippen molar-refractivity contribution in [2.24, 2.45) is 5.73 Å². The van der Waals surface area contributed by atoms with Gasteiger partial charge in [0.25, 0.3) is 0 Å². The Hall–Kier alpha value is -1.06. The number of aromatic amines is 1. The number of nitrogens with two attached hydrogens (primary N) is 1. The lowest BCUT2D eigenvalue weighted by molar-refractivity contribution is 0.637. The molecule has 2 rings (SSSR count). The summed E-state index contributed by atoms with van der Waals surface area (Å²) in [7, 11) is 0. The first-order valence-corrected chi connectivity index (χ1v) is 3.77. The molecule has 2 aromatic rings. The van der Waals surface area contributed by atoms with Crippen molar-refractivity contribution in [3.05, 3.63) is 35.8 Å². The van der Waals surface area contributed by atoms with Crippen LogP contribution in [0.4, 0.5) is 4.39 Å². The fraction of sp³-hybridized carbons (Fsp3) is 0.111. The summed E-state index contributed by atoms with van der Waals surface area (Å²) in [5.41, 5.74) is 6.96. The molecule has 3 N–H and O–H groups in total. The van der Waals surface area contributed by atoms with Crippen molar-refractivity contribution in [3.63, 3.8) is 0 Å². The van der Waals surface area contributed by atoms with Crippen molar-refractivity contribution < 1.29 is 4.39 Å². The van der Waals surface area contributed by atoms with Crippen LogP contribution in [0.1, 0.15) is 5.56 Å². The topological polar surface area (TPSA) is 41.8 Å². The standard InChI is InChI=1S/C9H9FN2.ClH/c10-8-3-1-2-7-6(4-11)5-12-9(7)8;/h1-3,5,12H,4,11H2;1H. The van der Waals surface area contributed by atoms with E-state index >= 15 is 0 Å². The Morgan fingerprint density at radius 2 is 2.15 bits per heavy atom. The second-order valence-electron chi connectivity index (χ2n) is 2.68. The maximum atomic E-state index is 13.1. The predicted molar refractivity (Wildman–Crippen MR) is 53.4 cm³/mol. The van der Waals surface area contributed by atoms with Gasteiger partial charge < -0.3 is 10.7 Å². The lowest BCUT2D eigenvalue weighted by Crippen LogP contribution is -1.93. The van der Waals surface area contributed by atoms with Crippen molar-refractivity contribution in [2.45, 2.75) is 6.54 Å².